The molecule has 0 bridgehead atoms. The average Bonchev–Trinajstić information content (AvgIpc) is 2.01. The number of carbonyl (C=O) groups is 1. The zero-order valence-electron chi connectivity index (χ0n) is 10.1. The molecule has 0 aromatic carbocycles. The van der Waals surface area contributed by atoms with Crippen molar-refractivity contribution in [3.63, 3.8) is 0 Å². The van der Waals surface area contributed by atoms with Crippen LogP contribution in [0, 0.1) is 0 Å². The molecule has 3 nitrogen and oxygen atoms in total. The summed E-state index contributed by atoms with van der Waals surface area (Å²) < 4.78 is 4.80. The fraction of sp³-hybridized carbons (Fsp3) is 0.909. The van der Waals surface area contributed by atoms with Gasteiger partial charge in [-0.3, -0.25) is 4.79 Å². The molecule has 90 valence electrons. The van der Waals surface area contributed by atoms with Gasteiger partial charge in [0, 0.05) is 12.3 Å². The van der Waals surface area contributed by atoms with Crippen molar-refractivity contribution in [1.82, 2.24) is 5.32 Å². The summed E-state index contributed by atoms with van der Waals surface area (Å²) in [6.07, 6.45) is 2.28. The molecule has 0 unspecified atom stereocenters. The van der Waals surface area contributed by atoms with Crippen molar-refractivity contribution in [2.24, 2.45) is 0 Å². The predicted molar refractivity (Wildman–Crippen MR) is 63.3 cm³/mol. The van der Waals surface area contributed by atoms with Crippen LogP contribution in [-0.4, -0.2) is 30.0 Å². The molecule has 0 aliphatic carbocycles. The fourth-order valence-corrected chi connectivity index (χ4v) is 1.44. The predicted octanol–water partition coefficient (Wildman–Crippen LogP) is 2.33. The third kappa shape index (κ3) is 11.6. The van der Waals surface area contributed by atoms with Gasteiger partial charge in [-0.2, -0.15) is 0 Å². The molecular weight excluding hydrogens is 214 g/mol. The largest absolute Gasteiger partial charge is 0.460 e. The lowest BCUT2D eigenvalue weighted by atomic mass is 10.2. The Kier molecular flexibility index (Phi) is 6.94. The van der Waals surface area contributed by atoms with E-state index in [-0.39, 0.29) is 11.6 Å². The van der Waals surface area contributed by atoms with E-state index < -0.39 is 0 Å². The van der Waals surface area contributed by atoms with E-state index in [4.69, 9.17) is 16.3 Å². The first-order valence-electron chi connectivity index (χ1n) is 5.35. The standard InChI is InChI=1S/C6H12O2.C5H10ClN/c1-5(7)8-6(2,3)4;6-5-1-3-7-4-2-5/h1-4H3;5,7H,1-4H2. The van der Waals surface area contributed by atoms with Crippen LogP contribution in [0.15, 0.2) is 0 Å². The van der Waals surface area contributed by atoms with Gasteiger partial charge in [0.2, 0.25) is 0 Å². The Morgan fingerprint density at radius 1 is 1.33 bits per heavy atom. The highest BCUT2D eigenvalue weighted by Gasteiger charge is 2.11. The van der Waals surface area contributed by atoms with Gasteiger partial charge in [0.15, 0.2) is 0 Å². The van der Waals surface area contributed by atoms with E-state index in [1.165, 1.54) is 6.92 Å². The second-order valence-electron chi connectivity index (χ2n) is 4.63. The van der Waals surface area contributed by atoms with E-state index in [0.717, 1.165) is 25.9 Å². The summed E-state index contributed by atoms with van der Waals surface area (Å²) in [4.78, 5) is 10.2. The summed E-state index contributed by atoms with van der Waals surface area (Å²) in [7, 11) is 0. The summed E-state index contributed by atoms with van der Waals surface area (Å²) in [5, 5.41) is 3.68. The molecule has 0 aromatic heterocycles. The van der Waals surface area contributed by atoms with Crippen LogP contribution in [0.4, 0.5) is 0 Å². The molecule has 0 saturated carbocycles. The Balaban J connectivity index is 0.000000262. The van der Waals surface area contributed by atoms with Crippen LogP contribution < -0.4 is 5.32 Å². The van der Waals surface area contributed by atoms with E-state index in [1.54, 1.807) is 0 Å². The molecule has 1 N–H and O–H groups in total. The van der Waals surface area contributed by atoms with Crippen molar-refractivity contribution < 1.29 is 9.53 Å². The van der Waals surface area contributed by atoms with Crippen LogP contribution >= 0.6 is 11.6 Å². The van der Waals surface area contributed by atoms with Crippen molar-refractivity contribution in [1.29, 1.82) is 0 Å². The zero-order valence-corrected chi connectivity index (χ0v) is 10.9. The zero-order chi connectivity index (χ0) is 11.9. The number of alkyl halides is 1. The first kappa shape index (κ1) is 14.7. The summed E-state index contributed by atoms with van der Waals surface area (Å²) >= 11 is 5.78. The highest BCUT2D eigenvalue weighted by molar-refractivity contribution is 6.20. The van der Waals surface area contributed by atoms with Crippen molar-refractivity contribution >= 4 is 17.6 Å². The molecule has 1 fully saturated rings. The van der Waals surface area contributed by atoms with Crippen LogP contribution in [0.5, 0.6) is 0 Å². The summed E-state index contributed by atoms with van der Waals surface area (Å²) in [5.74, 6) is -0.225. The summed E-state index contributed by atoms with van der Waals surface area (Å²) in [6, 6.07) is 0. The quantitative estimate of drug-likeness (QED) is 0.517. The van der Waals surface area contributed by atoms with E-state index in [2.05, 4.69) is 5.32 Å². The van der Waals surface area contributed by atoms with Crippen molar-refractivity contribution in [3.8, 4) is 0 Å². The second kappa shape index (κ2) is 7.07. The molecule has 4 heteroatoms. The molecule has 1 aliphatic heterocycles. The molecule has 0 aromatic rings. The number of piperidine rings is 1. The number of ether oxygens (including phenoxy) is 1. The third-order valence-electron chi connectivity index (χ3n) is 1.72. The van der Waals surface area contributed by atoms with Gasteiger partial charge in [0.25, 0.3) is 0 Å². The lowest BCUT2D eigenvalue weighted by Gasteiger charge is -2.17. The Hall–Kier alpha value is -0.280. The van der Waals surface area contributed by atoms with Gasteiger partial charge in [0.05, 0.1) is 0 Å². The molecule has 0 radical (unpaired) electrons. The van der Waals surface area contributed by atoms with Gasteiger partial charge in [-0.25, -0.2) is 0 Å². The Bertz CT molecular complexity index is 184. The number of rotatable bonds is 0. The maximum absolute atomic E-state index is 10.2. The second-order valence-corrected chi connectivity index (χ2v) is 5.25. The van der Waals surface area contributed by atoms with Crippen molar-refractivity contribution in [2.75, 3.05) is 13.1 Å². The Labute approximate surface area is 97.5 Å². The maximum Gasteiger partial charge on any atom is 0.303 e. The number of nitrogens with one attached hydrogen (secondary N) is 1. The highest BCUT2D eigenvalue weighted by Crippen LogP contribution is 2.08. The molecule has 1 heterocycles. The number of hydrogen-bond acceptors (Lipinski definition) is 3. The lowest BCUT2D eigenvalue weighted by molar-refractivity contribution is -0.151. The summed E-state index contributed by atoms with van der Waals surface area (Å²) in [6.45, 7) is 9.14. The molecule has 0 atom stereocenters. The minimum Gasteiger partial charge on any atom is -0.460 e. The number of carbonyl (C=O) groups excluding carboxylic acids is 1. The molecule has 15 heavy (non-hydrogen) atoms. The minimum absolute atomic E-state index is 0.225. The molecular formula is C11H22ClNO2. The van der Waals surface area contributed by atoms with E-state index in [0.29, 0.717) is 5.38 Å². The van der Waals surface area contributed by atoms with Crippen LogP contribution in [0.2, 0.25) is 0 Å². The van der Waals surface area contributed by atoms with Gasteiger partial charge < -0.3 is 10.1 Å². The fourth-order valence-electron chi connectivity index (χ4n) is 1.22. The normalized spacial score (nSPS) is 17.7. The average molecular weight is 236 g/mol. The Morgan fingerprint density at radius 2 is 1.80 bits per heavy atom. The van der Waals surface area contributed by atoms with Gasteiger partial charge in [-0.05, 0) is 46.7 Å². The number of esters is 1. The minimum atomic E-state index is -0.328. The molecule has 0 spiro atoms. The highest BCUT2D eigenvalue weighted by atomic mass is 35.5. The molecule has 1 saturated heterocycles. The Morgan fingerprint density at radius 3 is 1.93 bits per heavy atom. The van der Waals surface area contributed by atoms with Crippen LogP contribution in [-0.2, 0) is 9.53 Å². The first-order chi connectivity index (χ1) is 6.81. The molecule has 1 rings (SSSR count). The lowest BCUT2D eigenvalue weighted by Crippen LogP contribution is -2.27. The monoisotopic (exact) mass is 235 g/mol. The van der Waals surface area contributed by atoms with Gasteiger partial charge in [-0.1, -0.05) is 0 Å². The number of halogens is 1. The maximum atomic E-state index is 10.2. The summed E-state index contributed by atoms with van der Waals surface area (Å²) in [5.41, 5.74) is -0.328. The molecule has 0 amide bonds. The van der Waals surface area contributed by atoms with Gasteiger partial charge in [-0.15, -0.1) is 11.6 Å². The number of hydrogen-bond donors (Lipinski definition) is 1. The smallest absolute Gasteiger partial charge is 0.303 e. The van der Waals surface area contributed by atoms with Crippen molar-refractivity contribution in [2.45, 2.75) is 51.5 Å². The molecule has 1 aliphatic rings. The van der Waals surface area contributed by atoms with E-state index in [1.807, 2.05) is 20.8 Å². The van der Waals surface area contributed by atoms with E-state index >= 15 is 0 Å². The van der Waals surface area contributed by atoms with Crippen LogP contribution in [0.25, 0.3) is 0 Å². The SMILES string of the molecule is CC(=O)OC(C)(C)C.ClC1CCNCC1. The van der Waals surface area contributed by atoms with Crippen LogP contribution in [0.3, 0.4) is 0 Å². The van der Waals surface area contributed by atoms with Gasteiger partial charge in [0.1, 0.15) is 5.60 Å². The topological polar surface area (TPSA) is 38.3 Å². The van der Waals surface area contributed by atoms with E-state index in [9.17, 15) is 4.79 Å². The van der Waals surface area contributed by atoms with Crippen molar-refractivity contribution in [3.05, 3.63) is 0 Å². The van der Waals surface area contributed by atoms with Gasteiger partial charge >= 0.3 is 5.97 Å². The third-order valence-corrected chi connectivity index (χ3v) is 2.16. The first-order valence-corrected chi connectivity index (χ1v) is 5.79. The van der Waals surface area contributed by atoms with Crippen LogP contribution in [0.1, 0.15) is 40.5 Å².